The summed E-state index contributed by atoms with van der Waals surface area (Å²) in [4.78, 5) is 20.1. The molecular formula is C7H11N3O4. The summed E-state index contributed by atoms with van der Waals surface area (Å²) in [6.07, 6.45) is 0. The summed E-state index contributed by atoms with van der Waals surface area (Å²) in [6.45, 7) is 4.00. The number of esters is 1. The molecule has 7 heteroatoms. The molecular weight excluding hydrogens is 190 g/mol. The first kappa shape index (κ1) is 12.1. The first-order valence-corrected chi connectivity index (χ1v) is 3.93. The van der Waals surface area contributed by atoms with E-state index in [0.717, 1.165) is 6.07 Å². The normalized spacial score (nSPS) is 8.50. The van der Waals surface area contributed by atoms with Crippen molar-refractivity contribution in [1.29, 1.82) is 0 Å². The predicted molar refractivity (Wildman–Crippen MR) is 47.9 cm³/mol. The van der Waals surface area contributed by atoms with Crippen LogP contribution in [0.5, 0.6) is 0 Å². The molecule has 0 atom stereocenters. The van der Waals surface area contributed by atoms with Crippen molar-refractivity contribution in [3.63, 3.8) is 0 Å². The fourth-order valence-electron chi connectivity index (χ4n) is 0.614. The second kappa shape index (κ2) is 5.68. The monoisotopic (exact) mass is 201 g/mol. The van der Waals surface area contributed by atoms with Gasteiger partial charge in [0.15, 0.2) is 5.69 Å². The van der Waals surface area contributed by atoms with Crippen molar-refractivity contribution in [3.05, 3.63) is 21.9 Å². The minimum atomic E-state index is -0.709. The van der Waals surface area contributed by atoms with Gasteiger partial charge in [-0.15, -0.1) is 5.10 Å². The van der Waals surface area contributed by atoms with Crippen LogP contribution in [0.25, 0.3) is 0 Å². The van der Waals surface area contributed by atoms with Crippen molar-refractivity contribution in [2.75, 3.05) is 7.11 Å². The predicted octanol–water partition coefficient (Wildman–Crippen LogP) is 1.13. The third kappa shape index (κ3) is 2.85. The van der Waals surface area contributed by atoms with E-state index >= 15 is 0 Å². The van der Waals surface area contributed by atoms with Gasteiger partial charge in [0.2, 0.25) is 0 Å². The zero-order chi connectivity index (χ0) is 11.1. The van der Waals surface area contributed by atoms with Gasteiger partial charge in [-0.1, -0.05) is 18.9 Å². The summed E-state index contributed by atoms with van der Waals surface area (Å²) in [6, 6.07) is 1.01. The minimum absolute atomic E-state index is 0.107. The molecule has 0 radical (unpaired) electrons. The third-order valence-electron chi connectivity index (χ3n) is 1.16. The molecule has 1 rings (SSSR count). The number of hydrogen-bond acceptors (Lipinski definition) is 5. The van der Waals surface area contributed by atoms with Gasteiger partial charge in [-0.3, -0.25) is 0 Å². The lowest BCUT2D eigenvalue weighted by molar-refractivity contribution is -0.389. The molecule has 0 aromatic carbocycles. The van der Waals surface area contributed by atoms with Crippen LogP contribution in [0.4, 0.5) is 5.82 Å². The SMILES string of the molecule is CC.COC(=O)c1cc([N+](=O)[O-])[nH]n1. The Morgan fingerprint density at radius 3 is 2.57 bits per heavy atom. The molecule has 7 nitrogen and oxygen atoms in total. The second-order valence-corrected chi connectivity index (χ2v) is 1.89. The summed E-state index contributed by atoms with van der Waals surface area (Å²) in [5.74, 6) is -1.05. The molecule has 0 aliphatic carbocycles. The first-order valence-electron chi connectivity index (χ1n) is 3.93. The van der Waals surface area contributed by atoms with Gasteiger partial charge < -0.3 is 14.9 Å². The van der Waals surface area contributed by atoms with Gasteiger partial charge in [-0.2, -0.15) is 0 Å². The van der Waals surface area contributed by atoms with Crippen molar-refractivity contribution in [2.45, 2.75) is 13.8 Å². The van der Waals surface area contributed by atoms with Gasteiger partial charge in [-0.05, 0) is 4.92 Å². The fourth-order valence-corrected chi connectivity index (χ4v) is 0.614. The zero-order valence-corrected chi connectivity index (χ0v) is 8.10. The highest BCUT2D eigenvalue weighted by atomic mass is 16.6. The van der Waals surface area contributed by atoms with Crippen molar-refractivity contribution in [2.24, 2.45) is 0 Å². The van der Waals surface area contributed by atoms with E-state index in [1.807, 2.05) is 13.8 Å². The van der Waals surface area contributed by atoms with E-state index in [9.17, 15) is 14.9 Å². The van der Waals surface area contributed by atoms with E-state index in [2.05, 4.69) is 14.9 Å². The molecule has 0 saturated heterocycles. The number of ether oxygens (including phenoxy) is 1. The third-order valence-corrected chi connectivity index (χ3v) is 1.16. The van der Waals surface area contributed by atoms with Crippen molar-refractivity contribution >= 4 is 11.8 Å². The highest BCUT2D eigenvalue weighted by Crippen LogP contribution is 2.08. The van der Waals surface area contributed by atoms with E-state index in [-0.39, 0.29) is 11.5 Å². The minimum Gasteiger partial charge on any atom is -0.464 e. The fraction of sp³-hybridized carbons (Fsp3) is 0.429. The molecule has 0 aliphatic heterocycles. The van der Waals surface area contributed by atoms with Gasteiger partial charge in [-0.25, -0.2) is 4.79 Å². The number of carbonyl (C=O) groups is 1. The van der Waals surface area contributed by atoms with E-state index in [0.29, 0.717) is 0 Å². The lowest BCUT2D eigenvalue weighted by Gasteiger charge is -1.88. The Labute approximate surface area is 80.2 Å². The van der Waals surface area contributed by atoms with Gasteiger partial charge in [0.1, 0.15) is 0 Å². The van der Waals surface area contributed by atoms with E-state index in [1.165, 1.54) is 7.11 Å². The Bertz CT molecular complexity index is 320. The smallest absolute Gasteiger partial charge is 0.360 e. The van der Waals surface area contributed by atoms with Gasteiger partial charge in [0.25, 0.3) is 0 Å². The van der Waals surface area contributed by atoms with E-state index < -0.39 is 10.9 Å². The lowest BCUT2D eigenvalue weighted by atomic mass is 10.4. The Morgan fingerprint density at radius 1 is 1.64 bits per heavy atom. The van der Waals surface area contributed by atoms with Crippen molar-refractivity contribution in [3.8, 4) is 0 Å². The summed E-state index contributed by atoms with van der Waals surface area (Å²) in [7, 11) is 1.17. The molecule has 1 heterocycles. The molecule has 78 valence electrons. The highest BCUT2D eigenvalue weighted by molar-refractivity contribution is 5.87. The molecule has 0 bridgehead atoms. The lowest BCUT2D eigenvalue weighted by Crippen LogP contribution is -2.00. The van der Waals surface area contributed by atoms with Crippen LogP contribution in [0.2, 0.25) is 0 Å². The topological polar surface area (TPSA) is 98.1 Å². The van der Waals surface area contributed by atoms with Crippen molar-refractivity contribution < 1.29 is 14.5 Å². The highest BCUT2D eigenvalue weighted by Gasteiger charge is 2.15. The Hall–Kier alpha value is -1.92. The number of methoxy groups -OCH3 is 1. The van der Waals surface area contributed by atoms with Crippen LogP contribution < -0.4 is 0 Å². The van der Waals surface area contributed by atoms with Crippen LogP contribution in [-0.2, 0) is 4.74 Å². The Kier molecular flexibility index (Phi) is 4.90. The Balaban J connectivity index is 0.000000791. The van der Waals surface area contributed by atoms with Gasteiger partial charge in [0.05, 0.1) is 13.2 Å². The number of hydrogen-bond donors (Lipinski definition) is 1. The van der Waals surface area contributed by atoms with Crippen molar-refractivity contribution in [1.82, 2.24) is 10.2 Å². The quantitative estimate of drug-likeness (QED) is 0.439. The average molecular weight is 201 g/mol. The number of nitrogens with zero attached hydrogens (tertiary/aromatic N) is 2. The molecule has 1 aromatic heterocycles. The largest absolute Gasteiger partial charge is 0.464 e. The molecule has 0 fully saturated rings. The maximum absolute atomic E-state index is 10.7. The molecule has 1 N–H and O–H groups in total. The van der Waals surface area contributed by atoms with Gasteiger partial charge in [0, 0.05) is 0 Å². The van der Waals surface area contributed by atoms with E-state index in [4.69, 9.17) is 0 Å². The Morgan fingerprint density at radius 2 is 2.21 bits per heavy atom. The standard InChI is InChI=1S/C5H5N3O4.C2H6/c1-12-5(9)3-2-4(7-6-3)8(10)11;1-2/h2H,1H3,(H,6,7);1-2H3. The van der Waals surface area contributed by atoms with Crippen LogP contribution in [0.1, 0.15) is 24.3 Å². The number of nitrogens with one attached hydrogen (secondary N) is 1. The molecule has 0 amide bonds. The summed E-state index contributed by atoms with van der Waals surface area (Å²) >= 11 is 0. The number of carbonyl (C=O) groups excluding carboxylic acids is 1. The molecule has 0 aliphatic rings. The van der Waals surface area contributed by atoms with E-state index in [1.54, 1.807) is 0 Å². The van der Waals surface area contributed by atoms with Gasteiger partial charge >= 0.3 is 11.8 Å². The number of rotatable bonds is 2. The van der Waals surface area contributed by atoms with Crippen LogP contribution in [-0.4, -0.2) is 28.2 Å². The first-order chi connectivity index (χ1) is 6.65. The number of nitro groups is 1. The van der Waals surface area contributed by atoms with Crippen LogP contribution in [0.3, 0.4) is 0 Å². The number of aromatic amines is 1. The second-order valence-electron chi connectivity index (χ2n) is 1.89. The molecule has 0 spiro atoms. The molecule has 0 unspecified atom stereocenters. The number of aromatic nitrogens is 2. The average Bonchev–Trinajstić information content (AvgIpc) is 2.68. The molecule has 0 saturated carbocycles. The van der Waals surface area contributed by atoms with Crippen LogP contribution in [0.15, 0.2) is 6.07 Å². The summed E-state index contributed by atoms with van der Waals surface area (Å²) in [5.41, 5.74) is -0.107. The zero-order valence-electron chi connectivity index (χ0n) is 8.10. The maximum atomic E-state index is 10.7. The maximum Gasteiger partial charge on any atom is 0.360 e. The van der Waals surface area contributed by atoms with Crippen LogP contribution >= 0.6 is 0 Å². The molecule has 14 heavy (non-hydrogen) atoms. The van der Waals surface area contributed by atoms with Crippen LogP contribution in [0, 0.1) is 10.1 Å². The number of H-pyrrole nitrogens is 1. The molecule has 1 aromatic rings. The summed E-state index contributed by atoms with van der Waals surface area (Å²) in [5, 5.41) is 15.5. The summed E-state index contributed by atoms with van der Waals surface area (Å²) < 4.78 is 4.29.